The van der Waals surface area contributed by atoms with Crippen LogP contribution in [0.5, 0.6) is 11.5 Å². The molecule has 21 heavy (non-hydrogen) atoms. The van der Waals surface area contributed by atoms with Gasteiger partial charge >= 0.3 is 0 Å². The van der Waals surface area contributed by atoms with Crippen molar-refractivity contribution >= 4 is 0 Å². The van der Waals surface area contributed by atoms with Crippen molar-refractivity contribution in [3.05, 3.63) is 52.4 Å². The number of rotatable bonds is 5. The highest BCUT2D eigenvalue weighted by Crippen LogP contribution is 2.28. The largest absolute Gasteiger partial charge is 0.490 e. The number of para-hydroxylation sites is 1. The maximum absolute atomic E-state index is 12.0. The first-order valence-corrected chi connectivity index (χ1v) is 6.91. The average molecular weight is 287 g/mol. The van der Waals surface area contributed by atoms with Crippen LogP contribution in [0.1, 0.15) is 5.56 Å². The van der Waals surface area contributed by atoms with E-state index >= 15 is 0 Å². The van der Waals surface area contributed by atoms with Gasteiger partial charge in [-0.1, -0.05) is 18.2 Å². The first-order valence-electron chi connectivity index (χ1n) is 6.91. The summed E-state index contributed by atoms with van der Waals surface area (Å²) in [6, 6.07) is 9.32. The topological polar surface area (TPSA) is 79.4 Å². The minimum Gasteiger partial charge on any atom is -0.490 e. The fourth-order valence-corrected chi connectivity index (χ4v) is 2.36. The highest BCUT2D eigenvalue weighted by atomic mass is 16.5. The zero-order valence-corrected chi connectivity index (χ0v) is 11.6. The molecule has 2 heterocycles. The third kappa shape index (κ3) is 3.05. The molecule has 3 rings (SSSR count). The molecule has 110 valence electrons. The zero-order chi connectivity index (χ0) is 14.7. The van der Waals surface area contributed by atoms with Crippen molar-refractivity contribution in [3.8, 4) is 11.5 Å². The number of ether oxygens (including phenoxy) is 2. The number of nitrogens with zero attached hydrogens (tertiary/aromatic N) is 2. The van der Waals surface area contributed by atoms with E-state index in [9.17, 15) is 4.79 Å². The van der Waals surface area contributed by atoms with Gasteiger partial charge in [-0.2, -0.15) is 5.10 Å². The van der Waals surface area contributed by atoms with Crippen molar-refractivity contribution in [2.45, 2.75) is 19.1 Å². The summed E-state index contributed by atoms with van der Waals surface area (Å²) in [5.41, 5.74) is 6.31. The maximum atomic E-state index is 12.0. The normalized spacial score (nSPS) is 16.3. The van der Waals surface area contributed by atoms with Gasteiger partial charge in [-0.3, -0.25) is 4.79 Å². The molecule has 1 aromatic carbocycles. The van der Waals surface area contributed by atoms with Crippen LogP contribution in [0.2, 0.25) is 0 Å². The number of benzene rings is 1. The smallest absolute Gasteiger partial charge is 0.270 e. The zero-order valence-electron chi connectivity index (χ0n) is 11.6. The summed E-state index contributed by atoms with van der Waals surface area (Å²) in [6.07, 6.45) is 2.25. The van der Waals surface area contributed by atoms with Crippen LogP contribution in [0.25, 0.3) is 0 Å². The molecule has 1 aromatic heterocycles. The molecular weight excluding hydrogens is 270 g/mol. The summed E-state index contributed by atoms with van der Waals surface area (Å²) in [6.45, 7) is 1.19. The van der Waals surface area contributed by atoms with Crippen LogP contribution in [0.15, 0.2) is 41.3 Å². The Bertz CT molecular complexity index is 659. The molecule has 0 aliphatic carbocycles. The molecule has 6 nitrogen and oxygen atoms in total. The number of hydrogen-bond acceptors (Lipinski definition) is 5. The summed E-state index contributed by atoms with van der Waals surface area (Å²) < 4.78 is 12.5. The molecule has 0 amide bonds. The van der Waals surface area contributed by atoms with Crippen molar-refractivity contribution in [2.75, 3.05) is 13.2 Å². The minimum absolute atomic E-state index is 0.0663. The summed E-state index contributed by atoms with van der Waals surface area (Å²) >= 11 is 0. The number of hydrogen-bond donors (Lipinski definition) is 1. The summed E-state index contributed by atoms with van der Waals surface area (Å²) in [4.78, 5) is 12.0. The van der Waals surface area contributed by atoms with Crippen molar-refractivity contribution in [1.82, 2.24) is 9.78 Å². The molecule has 1 atom stereocenters. The molecule has 1 unspecified atom stereocenters. The number of fused-ring (bicyclic) bond motifs is 1. The quantitative estimate of drug-likeness (QED) is 0.870. The SMILES string of the molecule is NCCOc1cnn(CC2Cc3ccccc3O2)c(=O)c1. The Morgan fingerprint density at radius 3 is 3.05 bits per heavy atom. The Morgan fingerprint density at radius 2 is 2.29 bits per heavy atom. The molecule has 0 bridgehead atoms. The minimum atomic E-state index is -0.205. The van der Waals surface area contributed by atoms with Gasteiger partial charge in [-0.25, -0.2) is 4.68 Å². The van der Waals surface area contributed by atoms with E-state index < -0.39 is 0 Å². The molecule has 2 aromatic rings. The van der Waals surface area contributed by atoms with E-state index in [2.05, 4.69) is 5.10 Å². The van der Waals surface area contributed by atoms with Crippen LogP contribution < -0.4 is 20.8 Å². The van der Waals surface area contributed by atoms with Crippen molar-refractivity contribution in [1.29, 1.82) is 0 Å². The molecule has 0 fully saturated rings. The second-order valence-corrected chi connectivity index (χ2v) is 4.90. The Morgan fingerprint density at radius 1 is 1.43 bits per heavy atom. The van der Waals surface area contributed by atoms with Crippen LogP contribution >= 0.6 is 0 Å². The van der Waals surface area contributed by atoms with Crippen LogP contribution in [0.3, 0.4) is 0 Å². The fourth-order valence-electron chi connectivity index (χ4n) is 2.36. The van der Waals surface area contributed by atoms with E-state index in [0.717, 1.165) is 12.2 Å². The third-order valence-corrected chi connectivity index (χ3v) is 3.32. The highest BCUT2D eigenvalue weighted by molar-refractivity contribution is 5.37. The maximum Gasteiger partial charge on any atom is 0.270 e. The summed E-state index contributed by atoms with van der Waals surface area (Å²) in [5, 5.41) is 4.12. The van der Waals surface area contributed by atoms with E-state index in [1.165, 1.54) is 22.5 Å². The van der Waals surface area contributed by atoms with E-state index in [4.69, 9.17) is 15.2 Å². The Kier molecular flexibility index (Phi) is 3.87. The van der Waals surface area contributed by atoms with E-state index in [-0.39, 0.29) is 11.7 Å². The lowest BCUT2D eigenvalue weighted by molar-refractivity contribution is 0.200. The lowest BCUT2D eigenvalue weighted by atomic mass is 10.1. The molecule has 2 N–H and O–H groups in total. The van der Waals surface area contributed by atoms with Gasteiger partial charge in [0.15, 0.2) is 0 Å². The average Bonchev–Trinajstić information content (AvgIpc) is 2.90. The van der Waals surface area contributed by atoms with E-state index in [1.807, 2.05) is 24.3 Å². The molecule has 0 saturated carbocycles. The van der Waals surface area contributed by atoms with E-state index in [0.29, 0.717) is 25.4 Å². The number of aromatic nitrogens is 2. The van der Waals surface area contributed by atoms with Crippen LogP contribution in [0.4, 0.5) is 0 Å². The monoisotopic (exact) mass is 287 g/mol. The van der Waals surface area contributed by atoms with Crippen LogP contribution in [-0.2, 0) is 13.0 Å². The van der Waals surface area contributed by atoms with Gasteiger partial charge in [0.1, 0.15) is 24.2 Å². The Balaban J connectivity index is 1.68. The van der Waals surface area contributed by atoms with Gasteiger partial charge in [-0.15, -0.1) is 0 Å². The molecule has 0 spiro atoms. The van der Waals surface area contributed by atoms with Crippen LogP contribution in [0, 0.1) is 0 Å². The molecule has 0 radical (unpaired) electrons. The Labute approximate surface area is 122 Å². The highest BCUT2D eigenvalue weighted by Gasteiger charge is 2.23. The lowest BCUT2D eigenvalue weighted by Gasteiger charge is -2.12. The second-order valence-electron chi connectivity index (χ2n) is 4.90. The fraction of sp³-hybridized carbons (Fsp3) is 0.333. The van der Waals surface area contributed by atoms with Crippen molar-refractivity contribution in [2.24, 2.45) is 5.73 Å². The van der Waals surface area contributed by atoms with Crippen molar-refractivity contribution in [3.63, 3.8) is 0 Å². The molecule has 1 aliphatic heterocycles. The van der Waals surface area contributed by atoms with Gasteiger partial charge in [0.25, 0.3) is 5.56 Å². The first-order chi connectivity index (χ1) is 10.3. The van der Waals surface area contributed by atoms with Gasteiger partial charge in [0, 0.05) is 19.0 Å². The molecule has 1 aliphatic rings. The van der Waals surface area contributed by atoms with Gasteiger partial charge in [0.2, 0.25) is 0 Å². The molecular formula is C15H17N3O3. The van der Waals surface area contributed by atoms with Gasteiger partial charge in [0.05, 0.1) is 12.7 Å². The summed E-state index contributed by atoms with van der Waals surface area (Å²) in [5.74, 6) is 1.33. The predicted molar refractivity (Wildman–Crippen MR) is 77.6 cm³/mol. The van der Waals surface area contributed by atoms with Crippen LogP contribution in [-0.4, -0.2) is 29.0 Å². The standard InChI is InChI=1S/C15H17N3O3/c16-5-6-20-12-8-15(19)18(17-9-12)10-13-7-11-3-1-2-4-14(11)21-13/h1-4,8-9,13H,5-7,10,16H2. The lowest BCUT2D eigenvalue weighted by Crippen LogP contribution is -2.30. The number of nitrogens with two attached hydrogens (primary N) is 1. The first kappa shape index (κ1) is 13.6. The predicted octanol–water partition coefficient (Wildman–Crippen LogP) is 0.584. The molecule has 6 heteroatoms. The van der Waals surface area contributed by atoms with Crippen molar-refractivity contribution < 1.29 is 9.47 Å². The van der Waals surface area contributed by atoms with E-state index in [1.54, 1.807) is 0 Å². The van der Waals surface area contributed by atoms with Gasteiger partial charge < -0.3 is 15.2 Å². The second kappa shape index (κ2) is 5.97. The summed E-state index contributed by atoms with van der Waals surface area (Å²) in [7, 11) is 0. The third-order valence-electron chi connectivity index (χ3n) is 3.32. The molecule has 0 saturated heterocycles. The Hall–Kier alpha value is -2.34. The van der Waals surface area contributed by atoms with Gasteiger partial charge in [-0.05, 0) is 11.6 Å².